The van der Waals surface area contributed by atoms with E-state index in [1.807, 2.05) is 36.4 Å². The molecule has 25 heavy (non-hydrogen) atoms. The quantitative estimate of drug-likeness (QED) is 0.851. The Labute approximate surface area is 149 Å². The van der Waals surface area contributed by atoms with E-state index in [0.29, 0.717) is 6.54 Å². The molecule has 0 aliphatic carbocycles. The van der Waals surface area contributed by atoms with E-state index in [9.17, 15) is 4.79 Å². The molecular weight excluding hydrogens is 312 g/mol. The van der Waals surface area contributed by atoms with Gasteiger partial charge in [0, 0.05) is 18.5 Å². The van der Waals surface area contributed by atoms with Crippen LogP contribution in [0.1, 0.15) is 36.8 Å². The molecule has 1 aliphatic heterocycles. The van der Waals surface area contributed by atoms with Crippen LogP contribution in [-0.2, 0) is 9.53 Å². The Bertz CT molecular complexity index is 635. The summed E-state index contributed by atoms with van der Waals surface area (Å²) < 4.78 is 5.73. The van der Waals surface area contributed by atoms with Gasteiger partial charge in [-0.15, -0.1) is 0 Å². The van der Waals surface area contributed by atoms with E-state index in [1.54, 1.807) is 0 Å². The van der Waals surface area contributed by atoms with Gasteiger partial charge in [-0.3, -0.25) is 4.79 Å². The summed E-state index contributed by atoms with van der Waals surface area (Å²) in [5, 5.41) is 3.16. The molecular formula is C21H26N2O2. The Balaban J connectivity index is 1.76. The summed E-state index contributed by atoms with van der Waals surface area (Å²) in [7, 11) is 0. The van der Waals surface area contributed by atoms with Gasteiger partial charge in [0.25, 0.3) is 0 Å². The number of amides is 1. The van der Waals surface area contributed by atoms with Gasteiger partial charge in [0.05, 0.1) is 6.10 Å². The van der Waals surface area contributed by atoms with Crippen molar-refractivity contribution in [3.05, 3.63) is 71.8 Å². The van der Waals surface area contributed by atoms with Crippen molar-refractivity contribution in [2.45, 2.75) is 43.9 Å². The molecule has 1 fully saturated rings. The van der Waals surface area contributed by atoms with Crippen molar-refractivity contribution < 1.29 is 9.53 Å². The molecule has 0 aromatic heterocycles. The molecule has 0 saturated carbocycles. The van der Waals surface area contributed by atoms with Crippen LogP contribution in [0.5, 0.6) is 0 Å². The number of carbonyl (C=O) groups excluding carboxylic acids is 1. The standard InChI is InChI=1S/C21H26N2O2/c1-15(23-21(24)19-13-12-18(14-22)25-19)20(16-8-4-2-5-9-16)17-10-6-3-7-11-17/h2-11,15,18-20H,12-14,22H2,1H3,(H,23,24)/t15?,18-,19+/m1/s1. The zero-order valence-corrected chi connectivity index (χ0v) is 14.6. The summed E-state index contributed by atoms with van der Waals surface area (Å²) in [6, 6.07) is 20.5. The molecule has 132 valence electrons. The van der Waals surface area contributed by atoms with Crippen LogP contribution in [0.4, 0.5) is 0 Å². The number of benzene rings is 2. The lowest BCUT2D eigenvalue weighted by Gasteiger charge is -2.27. The van der Waals surface area contributed by atoms with Crippen LogP contribution in [0.2, 0.25) is 0 Å². The second kappa shape index (κ2) is 8.28. The number of hydrogen-bond acceptors (Lipinski definition) is 3. The Hall–Kier alpha value is -2.17. The van der Waals surface area contributed by atoms with Crippen molar-refractivity contribution in [1.82, 2.24) is 5.32 Å². The van der Waals surface area contributed by atoms with Crippen molar-refractivity contribution in [1.29, 1.82) is 0 Å². The summed E-state index contributed by atoms with van der Waals surface area (Å²) in [6.45, 7) is 2.52. The molecule has 1 aliphatic rings. The van der Waals surface area contributed by atoms with Crippen molar-refractivity contribution in [2.24, 2.45) is 5.73 Å². The maximum absolute atomic E-state index is 12.6. The molecule has 1 saturated heterocycles. The van der Waals surface area contributed by atoms with Gasteiger partial charge in [-0.2, -0.15) is 0 Å². The van der Waals surface area contributed by atoms with Gasteiger partial charge < -0.3 is 15.8 Å². The van der Waals surface area contributed by atoms with E-state index in [0.717, 1.165) is 12.8 Å². The van der Waals surface area contributed by atoms with Crippen molar-refractivity contribution in [3.8, 4) is 0 Å². The first kappa shape index (κ1) is 17.6. The third kappa shape index (κ3) is 4.27. The fourth-order valence-electron chi connectivity index (χ4n) is 3.56. The highest BCUT2D eigenvalue weighted by Crippen LogP contribution is 2.28. The normalized spacial score (nSPS) is 21.2. The van der Waals surface area contributed by atoms with Gasteiger partial charge in [0.1, 0.15) is 6.10 Å². The summed E-state index contributed by atoms with van der Waals surface area (Å²) in [6.07, 6.45) is 1.21. The number of carbonyl (C=O) groups is 1. The van der Waals surface area contributed by atoms with E-state index >= 15 is 0 Å². The summed E-state index contributed by atoms with van der Waals surface area (Å²) in [5.41, 5.74) is 8.02. The van der Waals surface area contributed by atoms with E-state index in [1.165, 1.54) is 11.1 Å². The van der Waals surface area contributed by atoms with Crippen LogP contribution < -0.4 is 11.1 Å². The molecule has 1 unspecified atom stereocenters. The second-order valence-electron chi connectivity index (χ2n) is 6.66. The average Bonchev–Trinajstić information content (AvgIpc) is 3.13. The predicted molar refractivity (Wildman–Crippen MR) is 99.3 cm³/mol. The third-order valence-electron chi connectivity index (χ3n) is 4.85. The lowest BCUT2D eigenvalue weighted by atomic mass is 9.85. The van der Waals surface area contributed by atoms with Crippen LogP contribution in [0.15, 0.2) is 60.7 Å². The zero-order chi connectivity index (χ0) is 17.6. The lowest BCUT2D eigenvalue weighted by Crippen LogP contribution is -2.43. The van der Waals surface area contributed by atoms with E-state index in [2.05, 4.69) is 36.5 Å². The summed E-state index contributed by atoms with van der Waals surface area (Å²) >= 11 is 0. The SMILES string of the molecule is CC(NC(=O)[C@@H]1CC[C@H](CN)O1)C(c1ccccc1)c1ccccc1. The molecule has 0 spiro atoms. The number of ether oxygens (including phenoxy) is 1. The molecule has 0 bridgehead atoms. The maximum atomic E-state index is 12.6. The molecule has 4 nitrogen and oxygen atoms in total. The first-order valence-electron chi connectivity index (χ1n) is 8.95. The average molecular weight is 338 g/mol. The Morgan fingerprint density at radius 1 is 1.08 bits per heavy atom. The third-order valence-corrected chi connectivity index (χ3v) is 4.85. The van der Waals surface area contributed by atoms with Crippen molar-refractivity contribution in [3.63, 3.8) is 0 Å². The highest BCUT2D eigenvalue weighted by molar-refractivity contribution is 5.81. The number of rotatable bonds is 6. The van der Waals surface area contributed by atoms with Crippen LogP contribution in [0.25, 0.3) is 0 Å². The minimum atomic E-state index is -0.386. The number of nitrogens with two attached hydrogens (primary N) is 1. The maximum Gasteiger partial charge on any atom is 0.249 e. The topological polar surface area (TPSA) is 64.4 Å². The van der Waals surface area contributed by atoms with Crippen LogP contribution >= 0.6 is 0 Å². The lowest BCUT2D eigenvalue weighted by molar-refractivity contribution is -0.132. The van der Waals surface area contributed by atoms with Gasteiger partial charge in [-0.05, 0) is 30.9 Å². The first-order chi connectivity index (χ1) is 12.2. The largest absolute Gasteiger partial charge is 0.364 e. The highest BCUT2D eigenvalue weighted by atomic mass is 16.5. The predicted octanol–water partition coefficient (Wildman–Crippen LogP) is 2.83. The second-order valence-corrected chi connectivity index (χ2v) is 6.66. The monoisotopic (exact) mass is 338 g/mol. The Kier molecular flexibility index (Phi) is 5.84. The molecule has 3 rings (SSSR count). The molecule has 3 N–H and O–H groups in total. The van der Waals surface area contributed by atoms with Gasteiger partial charge in [-0.25, -0.2) is 0 Å². The van der Waals surface area contributed by atoms with E-state index in [4.69, 9.17) is 10.5 Å². The molecule has 3 atom stereocenters. The van der Waals surface area contributed by atoms with Crippen LogP contribution in [0.3, 0.4) is 0 Å². The van der Waals surface area contributed by atoms with Gasteiger partial charge in [0.15, 0.2) is 0 Å². The molecule has 4 heteroatoms. The fourth-order valence-corrected chi connectivity index (χ4v) is 3.56. The smallest absolute Gasteiger partial charge is 0.249 e. The van der Waals surface area contributed by atoms with Gasteiger partial charge in [-0.1, -0.05) is 60.7 Å². The molecule has 0 radical (unpaired) electrons. The minimum absolute atomic E-state index is 0.00472. The van der Waals surface area contributed by atoms with Gasteiger partial charge >= 0.3 is 0 Å². The minimum Gasteiger partial charge on any atom is -0.364 e. The summed E-state index contributed by atoms with van der Waals surface area (Å²) in [4.78, 5) is 12.6. The van der Waals surface area contributed by atoms with Crippen LogP contribution in [-0.4, -0.2) is 30.7 Å². The van der Waals surface area contributed by atoms with Crippen molar-refractivity contribution >= 4 is 5.91 Å². The molecule has 1 heterocycles. The van der Waals surface area contributed by atoms with Gasteiger partial charge in [0.2, 0.25) is 5.91 Å². The van der Waals surface area contributed by atoms with E-state index in [-0.39, 0.29) is 30.1 Å². The fraction of sp³-hybridized carbons (Fsp3) is 0.381. The molecule has 1 amide bonds. The Morgan fingerprint density at radius 3 is 2.12 bits per heavy atom. The first-order valence-corrected chi connectivity index (χ1v) is 8.95. The molecule has 2 aromatic rings. The van der Waals surface area contributed by atoms with Crippen molar-refractivity contribution in [2.75, 3.05) is 6.54 Å². The Morgan fingerprint density at radius 2 is 1.64 bits per heavy atom. The highest BCUT2D eigenvalue weighted by Gasteiger charge is 2.32. The summed E-state index contributed by atoms with van der Waals surface area (Å²) in [5.74, 6) is 0.0540. The zero-order valence-electron chi connectivity index (χ0n) is 14.6. The van der Waals surface area contributed by atoms with Crippen LogP contribution in [0, 0.1) is 0 Å². The van der Waals surface area contributed by atoms with E-state index < -0.39 is 0 Å². The number of hydrogen-bond donors (Lipinski definition) is 2. The number of nitrogens with one attached hydrogen (secondary N) is 1. The molecule has 2 aromatic carbocycles.